The van der Waals surface area contributed by atoms with Crippen molar-refractivity contribution in [2.75, 3.05) is 7.11 Å². The van der Waals surface area contributed by atoms with Crippen LogP contribution in [0.1, 0.15) is 44.1 Å². The Kier molecular flexibility index (Phi) is 2.95. The van der Waals surface area contributed by atoms with Gasteiger partial charge in [0.1, 0.15) is 0 Å². The zero-order valence-corrected chi connectivity index (χ0v) is 12.1. The first-order chi connectivity index (χ1) is 9.75. The van der Waals surface area contributed by atoms with Crippen molar-refractivity contribution in [2.24, 2.45) is 17.8 Å². The molecule has 4 heteroatoms. The van der Waals surface area contributed by atoms with Gasteiger partial charge in [0.05, 0.1) is 7.11 Å². The van der Waals surface area contributed by atoms with Crippen LogP contribution in [0.5, 0.6) is 6.01 Å². The SMILES string of the molecule is COc1ncc(CNC23CC4CC(CC(C4)C2)C3)cn1. The summed E-state index contributed by atoms with van der Waals surface area (Å²) in [6.45, 7) is 0.885. The van der Waals surface area contributed by atoms with Crippen LogP contribution >= 0.6 is 0 Å². The van der Waals surface area contributed by atoms with Crippen molar-refractivity contribution in [1.82, 2.24) is 15.3 Å². The highest BCUT2D eigenvalue weighted by Crippen LogP contribution is 2.55. The van der Waals surface area contributed by atoms with E-state index in [1.165, 1.54) is 38.5 Å². The third-order valence-corrected chi connectivity index (χ3v) is 5.57. The van der Waals surface area contributed by atoms with Gasteiger partial charge in [-0.05, 0) is 56.3 Å². The minimum Gasteiger partial charge on any atom is -0.467 e. The van der Waals surface area contributed by atoms with Gasteiger partial charge in [0, 0.05) is 30.0 Å². The average molecular weight is 273 g/mol. The van der Waals surface area contributed by atoms with Crippen molar-refractivity contribution in [3.63, 3.8) is 0 Å². The summed E-state index contributed by atoms with van der Waals surface area (Å²) in [6, 6.07) is 0.448. The van der Waals surface area contributed by atoms with Crippen molar-refractivity contribution in [1.29, 1.82) is 0 Å². The van der Waals surface area contributed by atoms with Gasteiger partial charge in [-0.25, -0.2) is 9.97 Å². The smallest absolute Gasteiger partial charge is 0.316 e. The zero-order valence-electron chi connectivity index (χ0n) is 12.1. The van der Waals surface area contributed by atoms with E-state index >= 15 is 0 Å². The quantitative estimate of drug-likeness (QED) is 0.916. The number of aromatic nitrogens is 2. The van der Waals surface area contributed by atoms with Crippen LogP contribution in [-0.2, 0) is 6.54 Å². The molecule has 4 aliphatic carbocycles. The number of methoxy groups -OCH3 is 1. The Balaban J connectivity index is 1.43. The van der Waals surface area contributed by atoms with E-state index in [1.807, 2.05) is 12.4 Å². The number of ether oxygens (including phenoxy) is 1. The Hall–Kier alpha value is -1.16. The first-order valence-electron chi connectivity index (χ1n) is 7.85. The van der Waals surface area contributed by atoms with Crippen LogP contribution in [0.25, 0.3) is 0 Å². The Morgan fingerprint density at radius 2 is 1.65 bits per heavy atom. The molecule has 0 radical (unpaired) electrons. The lowest BCUT2D eigenvalue weighted by atomic mass is 9.53. The highest BCUT2D eigenvalue weighted by molar-refractivity contribution is 5.11. The maximum absolute atomic E-state index is 5.01. The van der Waals surface area contributed by atoms with Crippen LogP contribution in [0.4, 0.5) is 0 Å². The molecule has 5 rings (SSSR count). The van der Waals surface area contributed by atoms with Gasteiger partial charge in [0.25, 0.3) is 0 Å². The maximum Gasteiger partial charge on any atom is 0.316 e. The normalized spacial score (nSPS) is 38.1. The molecule has 20 heavy (non-hydrogen) atoms. The van der Waals surface area contributed by atoms with Gasteiger partial charge < -0.3 is 10.1 Å². The molecular formula is C16H23N3O. The zero-order chi connectivity index (χ0) is 13.6. The Bertz CT molecular complexity index is 450. The van der Waals surface area contributed by atoms with E-state index in [4.69, 9.17) is 4.74 Å². The molecule has 0 aliphatic heterocycles. The summed E-state index contributed by atoms with van der Waals surface area (Å²) in [6.07, 6.45) is 12.4. The summed E-state index contributed by atoms with van der Waals surface area (Å²) in [4.78, 5) is 8.38. The summed E-state index contributed by atoms with van der Waals surface area (Å²) in [7, 11) is 1.60. The van der Waals surface area contributed by atoms with Crippen LogP contribution in [0.2, 0.25) is 0 Å². The second-order valence-electron chi connectivity index (χ2n) is 7.13. The van der Waals surface area contributed by atoms with Crippen molar-refractivity contribution in [2.45, 2.75) is 50.6 Å². The molecule has 4 nitrogen and oxygen atoms in total. The lowest BCUT2D eigenvalue weighted by molar-refractivity contribution is -0.0206. The molecule has 0 unspecified atom stereocenters. The van der Waals surface area contributed by atoms with E-state index in [2.05, 4.69) is 15.3 Å². The second kappa shape index (κ2) is 4.69. The molecule has 1 heterocycles. The van der Waals surface area contributed by atoms with E-state index in [0.717, 1.165) is 29.9 Å². The molecule has 4 fully saturated rings. The predicted molar refractivity (Wildman–Crippen MR) is 76.3 cm³/mol. The fourth-order valence-corrected chi connectivity index (χ4v) is 5.16. The summed E-state index contributed by atoms with van der Waals surface area (Å²) in [5.74, 6) is 2.96. The van der Waals surface area contributed by atoms with E-state index in [9.17, 15) is 0 Å². The summed E-state index contributed by atoms with van der Waals surface area (Å²) >= 11 is 0. The Morgan fingerprint density at radius 1 is 1.10 bits per heavy atom. The minimum absolute atomic E-state index is 0.411. The Morgan fingerprint density at radius 3 is 2.15 bits per heavy atom. The lowest BCUT2D eigenvalue weighted by Crippen LogP contribution is -2.58. The average Bonchev–Trinajstić information content (AvgIpc) is 2.44. The molecule has 108 valence electrons. The standard InChI is InChI=1S/C16H23N3O/c1-20-15-17-8-14(9-18-15)10-19-16-5-11-2-12(6-16)4-13(3-11)7-16/h8-9,11-13,19H,2-7,10H2,1H3. The lowest BCUT2D eigenvalue weighted by Gasteiger charge is -2.57. The van der Waals surface area contributed by atoms with Crippen LogP contribution in [0.3, 0.4) is 0 Å². The molecule has 4 saturated carbocycles. The van der Waals surface area contributed by atoms with Crippen molar-refractivity contribution in [3.8, 4) is 6.01 Å². The minimum atomic E-state index is 0.411. The molecule has 4 bridgehead atoms. The van der Waals surface area contributed by atoms with E-state index in [1.54, 1.807) is 7.11 Å². The molecular weight excluding hydrogens is 250 g/mol. The van der Waals surface area contributed by atoms with Crippen LogP contribution in [-0.4, -0.2) is 22.6 Å². The highest BCUT2D eigenvalue weighted by Gasteiger charge is 2.50. The molecule has 0 saturated heterocycles. The summed E-state index contributed by atoms with van der Waals surface area (Å²) in [5, 5.41) is 3.86. The van der Waals surface area contributed by atoms with Crippen LogP contribution in [0, 0.1) is 17.8 Å². The first kappa shape index (κ1) is 12.6. The third-order valence-electron chi connectivity index (χ3n) is 5.57. The van der Waals surface area contributed by atoms with E-state index in [0.29, 0.717) is 11.5 Å². The van der Waals surface area contributed by atoms with E-state index in [-0.39, 0.29) is 0 Å². The van der Waals surface area contributed by atoms with Gasteiger partial charge >= 0.3 is 6.01 Å². The van der Waals surface area contributed by atoms with Crippen molar-refractivity contribution >= 4 is 0 Å². The summed E-state index contributed by atoms with van der Waals surface area (Å²) in [5.41, 5.74) is 1.57. The first-order valence-corrected chi connectivity index (χ1v) is 7.85. The second-order valence-corrected chi connectivity index (χ2v) is 7.13. The number of hydrogen-bond donors (Lipinski definition) is 1. The molecule has 0 aromatic carbocycles. The van der Waals surface area contributed by atoms with Gasteiger partial charge in [-0.3, -0.25) is 0 Å². The molecule has 1 aromatic rings. The molecule has 1 N–H and O–H groups in total. The fraction of sp³-hybridized carbons (Fsp3) is 0.750. The molecule has 0 spiro atoms. The highest BCUT2D eigenvalue weighted by atomic mass is 16.5. The van der Waals surface area contributed by atoms with Gasteiger partial charge in [-0.15, -0.1) is 0 Å². The summed E-state index contributed by atoms with van der Waals surface area (Å²) < 4.78 is 5.01. The largest absolute Gasteiger partial charge is 0.467 e. The number of hydrogen-bond acceptors (Lipinski definition) is 4. The topological polar surface area (TPSA) is 47.0 Å². The molecule has 0 atom stereocenters. The predicted octanol–water partition coefficient (Wildman–Crippen LogP) is 2.54. The maximum atomic E-state index is 5.01. The number of nitrogens with one attached hydrogen (secondary N) is 1. The molecule has 0 amide bonds. The van der Waals surface area contributed by atoms with Gasteiger partial charge in [-0.2, -0.15) is 0 Å². The molecule has 1 aromatic heterocycles. The van der Waals surface area contributed by atoms with Gasteiger partial charge in [0.15, 0.2) is 0 Å². The fourth-order valence-electron chi connectivity index (χ4n) is 5.16. The Labute approximate surface area is 120 Å². The third kappa shape index (κ3) is 2.20. The monoisotopic (exact) mass is 273 g/mol. The molecule has 4 aliphatic rings. The van der Waals surface area contributed by atoms with Gasteiger partial charge in [-0.1, -0.05) is 0 Å². The number of nitrogens with zero attached hydrogens (tertiary/aromatic N) is 2. The van der Waals surface area contributed by atoms with Gasteiger partial charge in [0.2, 0.25) is 0 Å². The van der Waals surface area contributed by atoms with Crippen LogP contribution < -0.4 is 10.1 Å². The van der Waals surface area contributed by atoms with Crippen LogP contribution in [0.15, 0.2) is 12.4 Å². The van der Waals surface area contributed by atoms with Crippen molar-refractivity contribution in [3.05, 3.63) is 18.0 Å². The van der Waals surface area contributed by atoms with E-state index < -0.39 is 0 Å². The van der Waals surface area contributed by atoms with Crippen molar-refractivity contribution < 1.29 is 4.74 Å². The number of rotatable bonds is 4.